The standard InChI is InChI=1S/C28H24F2N4O4S/c1-2-33-21-14-37-15-22(21)34-12-19(27-32-31-23(39-27)10-17-8-9-18(29)11-20(17)30)25(35)26(24(34)28(33)36)38-13-16-6-4-3-5-7-16/h3-9,11-12,21-22H,2,10,13-15H2,1H3/t21-,22-/m0/s1. The lowest BCUT2D eigenvalue weighted by Gasteiger charge is -2.39. The number of hydrogen-bond acceptors (Lipinski definition) is 7. The highest BCUT2D eigenvalue weighted by molar-refractivity contribution is 7.14. The number of rotatable bonds is 7. The molecule has 0 spiro atoms. The van der Waals surface area contributed by atoms with E-state index in [-0.39, 0.29) is 53.6 Å². The maximum atomic E-state index is 14.2. The molecule has 4 heterocycles. The van der Waals surface area contributed by atoms with Crippen LogP contribution in [0.1, 0.15) is 39.6 Å². The second kappa shape index (κ2) is 10.3. The Morgan fingerprint density at radius 1 is 1.08 bits per heavy atom. The molecular formula is C28H24F2N4O4S. The number of pyridine rings is 1. The van der Waals surface area contributed by atoms with Crippen molar-refractivity contribution in [3.63, 3.8) is 0 Å². The molecule has 1 saturated heterocycles. The molecule has 4 aromatic rings. The van der Waals surface area contributed by atoms with Crippen LogP contribution in [0.5, 0.6) is 5.75 Å². The van der Waals surface area contributed by atoms with Crippen LogP contribution in [0.15, 0.2) is 59.5 Å². The summed E-state index contributed by atoms with van der Waals surface area (Å²) < 4.78 is 41.1. The van der Waals surface area contributed by atoms with Gasteiger partial charge < -0.3 is 18.9 Å². The summed E-state index contributed by atoms with van der Waals surface area (Å²) in [4.78, 5) is 29.2. The molecular weight excluding hydrogens is 526 g/mol. The van der Waals surface area contributed by atoms with E-state index >= 15 is 0 Å². The molecule has 0 radical (unpaired) electrons. The van der Waals surface area contributed by atoms with Crippen molar-refractivity contribution in [3.8, 4) is 16.3 Å². The van der Waals surface area contributed by atoms with Crippen LogP contribution in [-0.2, 0) is 17.8 Å². The molecule has 11 heteroatoms. The smallest absolute Gasteiger partial charge is 0.274 e. The quantitative estimate of drug-likeness (QED) is 0.342. The molecule has 0 bridgehead atoms. The van der Waals surface area contributed by atoms with E-state index in [1.807, 2.05) is 37.3 Å². The van der Waals surface area contributed by atoms with Gasteiger partial charge in [-0.25, -0.2) is 8.78 Å². The Labute approximate surface area is 226 Å². The number of likely N-dealkylation sites (N-methyl/N-ethyl adjacent to an activating group) is 1. The van der Waals surface area contributed by atoms with Gasteiger partial charge in [0.1, 0.15) is 23.2 Å². The van der Waals surface area contributed by atoms with Gasteiger partial charge in [0.25, 0.3) is 5.91 Å². The maximum Gasteiger partial charge on any atom is 0.274 e. The van der Waals surface area contributed by atoms with Gasteiger partial charge >= 0.3 is 0 Å². The van der Waals surface area contributed by atoms with Crippen LogP contribution in [0.4, 0.5) is 8.78 Å². The van der Waals surface area contributed by atoms with Crippen molar-refractivity contribution in [2.24, 2.45) is 0 Å². The molecule has 2 aliphatic heterocycles. The lowest BCUT2D eigenvalue weighted by atomic mass is 10.0. The van der Waals surface area contributed by atoms with E-state index in [4.69, 9.17) is 9.47 Å². The average Bonchev–Trinajstić information content (AvgIpc) is 3.61. The van der Waals surface area contributed by atoms with Crippen molar-refractivity contribution in [1.29, 1.82) is 0 Å². The van der Waals surface area contributed by atoms with Crippen molar-refractivity contribution >= 4 is 17.2 Å². The zero-order chi connectivity index (χ0) is 27.1. The minimum atomic E-state index is -0.677. The lowest BCUT2D eigenvalue weighted by Crippen LogP contribution is -2.51. The molecule has 39 heavy (non-hydrogen) atoms. The fourth-order valence-electron chi connectivity index (χ4n) is 5.12. The number of benzene rings is 2. The number of halogens is 2. The monoisotopic (exact) mass is 550 g/mol. The van der Waals surface area contributed by atoms with Gasteiger partial charge in [0.05, 0.1) is 30.9 Å². The van der Waals surface area contributed by atoms with Crippen LogP contribution in [0.3, 0.4) is 0 Å². The largest absolute Gasteiger partial charge is 0.483 e. The summed E-state index contributed by atoms with van der Waals surface area (Å²) >= 11 is 1.13. The van der Waals surface area contributed by atoms with E-state index in [1.165, 1.54) is 12.1 Å². The van der Waals surface area contributed by atoms with Crippen molar-refractivity contribution in [1.82, 2.24) is 19.7 Å². The van der Waals surface area contributed by atoms with E-state index in [0.29, 0.717) is 29.8 Å². The minimum absolute atomic E-state index is 0.0496. The molecule has 2 aliphatic rings. The summed E-state index contributed by atoms with van der Waals surface area (Å²) in [5.74, 6) is -1.68. The fourth-order valence-corrected chi connectivity index (χ4v) is 5.99. The molecule has 1 fully saturated rings. The van der Waals surface area contributed by atoms with Crippen LogP contribution < -0.4 is 10.2 Å². The van der Waals surface area contributed by atoms with Crippen LogP contribution >= 0.6 is 11.3 Å². The number of aromatic nitrogens is 3. The SMILES string of the molecule is CCN1C(=O)c2c(OCc3ccccc3)c(=O)c(-c3nnc(Cc4ccc(F)cc4F)s3)cn2[C@H]2COC[C@@H]21. The first-order chi connectivity index (χ1) is 18.9. The summed E-state index contributed by atoms with van der Waals surface area (Å²) in [6.45, 7) is 3.25. The fraction of sp³-hybridized carbons (Fsp3) is 0.286. The van der Waals surface area contributed by atoms with Gasteiger partial charge in [0.2, 0.25) is 5.43 Å². The molecule has 8 nitrogen and oxygen atoms in total. The molecule has 0 unspecified atom stereocenters. The highest BCUT2D eigenvalue weighted by Crippen LogP contribution is 2.37. The van der Waals surface area contributed by atoms with Crippen molar-refractivity contribution < 1.29 is 23.0 Å². The van der Waals surface area contributed by atoms with E-state index in [9.17, 15) is 18.4 Å². The number of carbonyl (C=O) groups excluding carboxylic acids is 1. The van der Waals surface area contributed by atoms with Crippen molar-refractivity contribution in [2.75, 3.05) is 19.8 Å². The Morgan fingerprint density at radius 3 is 2.64 bits per heavy atom. The van der Waals surface area contributed by atoms with Gasteiger partial charge in [0.15, 0.2) is 16.5 Å². The van der Waals surface area contributed by atoms with Crippen LogP contribution in [0.2, 0.25) is 0 Å². The Bertz CT molecular complexity index is 1610. The predicted molar refractivity (Wildman–Crippen MR) is 140 cm³/mol. The van der Waals surface area contributed by atoms with Gasteiger partial charge in [-0.1, -0.05) is 47.7 Å². The zero-order valence-electron chi connectivity index (χ0n) is 21.0. The summed E-state index contributed by atoms with van der Waals surface area (Å²) in [6, 6.07) is 12.4. The summed E-state index contributed by atoms with van der Waals surface area (Å²) in [5.41, 5.74) is 1.05. The zero-order valence-corrected chi connectivity index (χ0v) is 21.8. The van der Waals surface area contributed by atoms with Crippen LogP contribution in [0.25, 0.3) is 10.6 Å². The summed E-state index contributed by atoms with van der Waals surface area (Å²) in [7, 11) is 0. The van der Waals surface area contributed by atoms with Gasteiger partial charge in [-0.3, -0.25) is 9.59 Å². The summed E-state index contributed by atoms with van der Waals surface area (Å²) in [5, 5.41) is 9.14. The second-order valence-electron chi connectivity index (χ2n) is 9.41. The lowest BCUT2D eigenvalue weighted by molar-refractivity contribution is 0.0568. The number of carbonyl (C=O) groups is 1. The Kier molecular flexibility index (Phi) is 6.69. The second-order valence-corrected chi connectivity index (χ2v) is 10.5. The van der Waals surface area contributed by atoms with Gasteiger partial charge in [0, 0.05) is 25.2 Å². The molecule has 0 aliphatic carbocycles. The van der Waals surface area contributed by atoms with E-state index in [2.05, 4.69) is 10.2 Å². The van der Waals surface area contributed by atoms with E-state index in [1.54, 1.807) is 15.7 Å². The van der Waals surface area contributed by atoms with Crippen LogP contribution in [0, 0.1) is 11.6 Å². The van der Waals surface area contributed by atoms with E-state index < -0.39 is 17.1 Å². The topological polar surface area (TPSA) is 86.5 Å². The van der Waals surface area contributed by atoms with Crippen molar-refractivity contribution in [3.05, 3.63) is 98.4 Å². The first-order valence-electron chi connectivity index (χ1n) is 12.6. The number of fused-ring (bicyclic) bond motifs is 3. The number of hydrogen-bond donors (Lipinski definition) is 0. The molecule has 0 N–H and O–H groups in total. The van der Waals surface area contributed by atoms with E-state index in [0.717, 1.165) is 23.0 Å². The molecule has 1 amide bonds. The first kappa shape index (κ1) is 25.3. The maximum absolute atomic E-state index is 14.2. The molecule has 0 saturated carbocycles. The highest BCUT2D eigenvalue weighted by atomic mass is 32.1. The minimum Gasteiger partial charge on any atom is -0.483 e. The molecule has 200 valence electrons. The molecule has 2 aromatic carbocycles. The van der Waals surface area contributed by atoms with Crippen LogP contribution in [-0.4, -0.2) is 51.4 Å². The molecule has 2 aromatic heterocycles. The first-order valence-corrected chi connectivity index (χ1v) is 13.4. The number of ether oxygens (including phenoxy) is 2. The predicted octanol–water partition coefficient (Wildman–Crippen LogP) is 4.23. The normalized spacial score (nSPS) is 18.2. The van der Waals surface area contributed by atoms with Gasteiger partial charge in [-0.05, 0) is 24.1 Å². The third kappa shape index (κ3) is 4.61. The van der Waals surface area contributed by atoms with Gasteiger partial charge in [-0.2, -0.15) is 0 Å². The van der Waals surface area contributed by atoms with Gasteiger partial charge in [-0.15, -0.1) is 10.2 Å². The summed E-state index contributed by atoms with van der Waals surface area (Å²) in [6.07, 6.45) is 1.73. The molecule has 2 atom stereocenters. The third-order valence-electron chi connectivity index (χ3n) is 7.06. The third-order valence-corrected chi connectivity index (χ3v) is 8.01. The number of nitrogens with zero attached hydrogens (tertiary/aromatic N) is 4. The highest BCUT2D eigenvalue weighted by Gasteiger charge is 2.44. The Morgan fingerprint density at radius 2 is 1.87 bits per heavy atom. The number of amides is 1. The average molecular weight is 551 g/mol. The Balaban J connectivity index is 1.43. The molecule has 6 rings (SSSR count). The Hall–Kier alpha value is -3.96. The van der Waals surface area contributed by atoms with Crippen molar-refractivity contribution in [2.45, 2.75) is 32.0 Å².